The molecule has 5 rings (SSSR count). The van der Waals surface area contributed by atoms with Gasteiger partial charge in [0.25, 0.3) is 5.91 Å². The molecule has 0 radical (unpaired) electrons. The van der Waals surface area contributed by atoms with E-state index in [1.807, 2.05) is 0 Å². The summed E-state index contributed by atoms with van der Waals surface area (Å²) >= 11 is 1.18. The summed E-state index contributed by atoms with van der Waals surface area (Å²) in [5.41, 5.74) is 1.13. The number of thiophene rings is 1. The maximum atomic E-state index is 14.2. The summed E-state index contributed by atoms with van der Waals surface area (Å²) in [7, 11) is 0. The van der Waals surface area contributed by atoms with Gasteiger partial charge in [-0.05, 0) is 18.8 Å². The standard InChI is InChI=1S/C16H16F2N4O2S/c17-16(18)7-22-6-10(8-2-1-3-8)21-15(23)14-11(22)12(24-16)13(25-14)9-4-19-20-5-9/h4-5,8,10H,1-3,6-7H2,(H,19,20)(H,21,23)/t10-/m1/s1. The lowest BCUT2D eigenvalue weighted by Gasteiger charge is -2.39. The molecule has 1 amide bonds. The Kier molecular flexibility index (Phi) is 3.13. The molecule has 1 saturated carbocycles. The Bertz CT molecular complexity index is 832. The van der Waals surface area contributed by atoms with Gasteiger partial charge in [0.2, 0.25) is 0 Å². The van der Waals surface area contributed by atoms with E-state index in [-0.39, 0.29) is 17.7 Å². The van der Waals surface area contributed by atoms with E-state index in [9.17, 15) is 13.6 Å². The molecule has 0 bridgehead atoms. The Hall–Kier alpha value is -2.16. The van der Waals surface area contributed by atoms with E-state index in [0.717, 1.165) is 19.3 Å². The van der Waals surface area contributed by atoms with Crippen LogP contribution in [-0.4, -0.2) is 41.3 Å². The van der Waals surface area contributed by atoms with E-state index in [1.165, 1.54) is 17.5 Å². The minimum atomic E-state index is -3.29. The molecule has 9 heteroatoms. The third kappa shape index (κ3) is 2.32. The minimum absolute atomic E-state index is 0.0852. The molecule has 132 valence electrons. The number of H-pyrrole nitrogens is 1. The van der Waals surface area contributed by atoms with Crippen molar-refractivity contribution in [3.8, 4) is 16.2 Å². The number of hydrogen-bond donors (Lipinski definition) is 2. The van der Waals surface area contributed by atoms with Crippen LogP contribution in [0, 0.1) is 5.92 Å². The predicted molar refractivity (Wildman–Crippen MR) is 88.3 cm³/mol. The molecular weight excluding hydrogens is 350 g/mol. The highest BCUT2D eigenvalue weighted by Gasteiger charge is 2.48. The number of carbonyl (C=O) groups excluding carboxylic acids is 1. The number of aromatic nitrogens is 2. The number of amides is 1. The number of anilines is 1. The molecular formula is C16H16F2N4O2S. The summed E-state index contributed by atoms with van der Waals surface area (Å²) in [4.78, 5) is 15.3. The highest BCUT2D eigenvalue weighted by atomic mass is 32.1. The van der Waals surface area contributed by atoms with Gasteiger partial charge in [0.1, 0.15) is 17.1 Å². The SMILES string of the molecule is O=C1N[C@@H](C2CCC2)CN2CC(F)(F)Oc3c(-c4cn[nH]c4)sc1c32. The fourth-order valence-electron chi connectivity index (χ4n) is 3.77. The summed E-state index contributed by atoms with van der Waals surface area (Å²) in [5.74, 6) is 0.248. The van der Waals surface area contributed by atoms with Crippen molar-refractivity contribution in [3.05, 3.63) is 17.3 Å². The Morgan fingerprint density at radius 2 is 2.20 bits per heavy atom. The molecule has 2 aromatic rings. The quantitative estimate of drug-likeness (QED) is 0.858. The molecule has 25 heavy (non-hydrogen) atoms. The van der Waals surface area contributed by atoms with Gasteiger partial charge in [0, 0.05) is 24.3 Å². The third-order valence-electron chi connectivity index (χ3n) is 5.20. The molecule has 1 atom stereocenters. The van der Waals surface area contributed by atoms with Crippen molar-refractivity contribution in [1.82, 2.24) is 15.5 Å². The Labute approximate surface area is 146 Å². The number of alkyl halides is 2. The molecule has 0 spiro atoms. The van der Waals surface area contributed by atoms with E-state index in [2.05, 4.69) is 15.5 Å². The van der Waals surface area contributed by atoms with Crippen LogP contribution in [0.2, 0.25) is 0 Å². The number of hydrogen-bond acceptors (Lipinski definition) is 5. The molecule has 3 aliphatic rings. The van der Waals surface area contributed by atoms with Crippen molar-refractivity contribution in [2.24, 2.45) is 5.92 Å². The van der Waals surface area contributed by atoms with Crippen LogP contribution in [0.25, 0.3) is 10.4 Å². The van der Waals surface area contributed by atoms with Gasteiger partial charge >= 0.3 is 6.11 Å². The smallest absolute Gasteiger partial charge is 0.416 e. The van der Waals surface area contributed by atoms with E-state index in [4.69, 9.17) is 4.74 Å². The third-order valence-corrected chi connectivity index (χ3v) is 6.41. The lowest BCUT2D eigenvalue weighted by molar-refractivity contribution is -0.171. The molecule has 2 N–H and O–H groups in total. The Morgan fingerprint density at radius 1 is 1.36 bits per heavy atom. The van der Waals surface area contributed by atoms with Crippen LogP contribution in [0.4, 0.5) is 14.5 Å². The predicted octanol–water partition coefficient (Wildman–Crippen LogP) is 2.84. The van der Waals surface area contributed by atoms with Crippen molar-refractivity contribution in [2.75, 3.05) is 18.0 Å². The van der Waals surface area contributed by atoms with Gasteiger partial charge in [-0.15, -0.1) is 11.3 Å². The number of nitrogens with zero attached hydrogens (tertiary/aromatic N) is 2. The zero-order chi connectivity index (χ0) is 17.2. The molecule has 2 aliphatic heterocycles. The van der Waals surface area contributed by atoms with Gasteiger partial charge < -0.3 is 15.0 Å². The normalized spacial score (nSPS) is 24.8. The average Bonchev–Trinajstić information content (AvgIpc) is 3.08. The van der Waals surface area contributed by atoms with Crippen molar-refractivity contribution in [1.29, 1.82) is 0 Å². The number of carbonyl (C=O) groups is 1. The summed E-state index contributed by atoms with van der Waals surface area (Å²) in [5, 5.41) is 9.59. The van der Waals surface area contributed by atoms with Crippen molar-refractivity contribution < 1.29 is 18.3 Å². The number of nitrogens with one attached hydrogen (secondary N) is 2. The minimum Gasteiger partial charge on any atom is -0.427 e. The van der Waals surface area contributed by atoms with Gasteiger partial charge in [0.15, 0.2) is 5.75 Å². The first kappa shape index (κ1) is 15.1. The maximum absolute atomic E-state index is 14.2. The van der Waals surface area contributed by atoms with E-state index < -0.39 is 12.7 Å². The largest absolute Gasteiger partial charge is 0.427 e. The van der Waals surface area contributed by atoms with Crippen LogP contribution in [0.15, 0.2) is 12.4 Å². The van der Waals surface area contributed by atoms with Crippen molar-refractivity contribution in [3.63, 3.8) is 0 Å². The lowest BCUT2D eigenvalue weighted by Crippen LogP contribution is -2.51. The summed E-state index contributed by atoms with van der Waals surface area (Å²) in [6.07, 6.45) is 3.06. The van der Waals surface area contributed by atoms with Gasteiger partial charge in [-0.3, -0.25) is 9.89 Å². The number of rotatable bonds is 2. The highest BCUT2D eigenvalue weighted by Crippen LogP contribution is 2.53. The molecule has 2 aromatic heterocycles. The van der Waals surface area contributed by atoms with Crippen LogP contribution in [-0.2, 0) is 0 Å². The first-order valence-electron chi connectivity index (χ1n) is 8.30. The molecule has 0 aromatic carbocycles. The van der Waals surface area contributed by atoms with Gasteiger partial charge in [-0.2, -0.15) is 13.9 Å². The second-order valence-corrected chi connectivity index (χ2v) is 7.84. The summed E-state index contributed by atoms with van der Waals surface area (Å²) in [6.45, 7) is -0.149. The van der Waals surface area contributed by atoms with E-state index in [0.29, 0.717) is 33.5 Å². The molecule has 4 heterocycles. The van der Waals surface area contributed by atoms with Gasteiger partial charge in [0.05, 0.1) is 11.1 Å². The second kappa shape index (κ2) is 5.17. The fourth-order valence-corrected chi connectivity index (χ4v) is 4.91. The highest BCUT2D eigenvalue weighted by molar-refractivity contribution is 7.18. The zero-order valence-corrected chi connectivity index (χ0v) is 14.0. The molecule has 0 unspecified atom stereocenters. The van der Waals surface area contributed by atoms with Crippen molar-refractivity contribution in [2.45, 2.75) is 31.4 Å². The first-order chi connectivity index (χ1) is 12.0. The fraction of sp³-hybridized carbons (Fsp3) is 0.500. The molecule has 0 saturated heterocycles. The zero-order valence-electron chi connectivity index (χ0n) is 13.2. The average molecular weight is 366 g/mol. The monoisotopic (exact) mass is 366 g/mol. The second-order valence-electron chi connectivity index (χ2n) is 6.82. The van der Waals surface area contributed by atoms with Crippen LogP contribution in [0.1, 0.15) is 28.9 Å². The number of ether oxygens (including phenoxy) is 1. The summed E-state index contributed by atoms with van der Waals surface area (Å²) in [6, 6.07) is -0.0972. The lowest BCUT2D eigenvalue weighted by atomic mass is 9.79. The maximum Gasteiger partial charge on any atom is 0.416 e. The Morgan fingerprint density at radius 3 is 2.88 bits per heavy atom. The topological polar surface area (TPSA) is 70.2 Å². The number of aromatic amines is 1. The summed E-state index contributed by atoms with van der Waals surface area (Å²) < 4.78 is 33.5. The van der Waals surface area contributed by atoms with Crippen LogP contribution < -0.4 is 15.0 Å². The number of halogens is 2. The van der Waals surface area contributed by atoms with E-state index >= 15 is 0 Å². The molecule has 1 fully saturated rings. The molecule has 1 aliphatic carbocycles. The van der Waals surface area contributed by atoms with Gasteiger partial charge in [-0.1, -0.05) is 6.42 Å². The van der Waals surface area contributed by atoms with Gasteiger partial charge in [-0.25, -0.2) is 0 Å². The van der Waals surface area contributed by atoms with Crippen LogP contribution in [0.5, 0.6) is 5.75 Å². The van der Waals surface area contributed by atoms with Crippen molar-refractivity contribution >= 4 is 22.9 Å². The molecule has 6 nitrogen and oxygen atoms in total. The Balaban J connectivity index is 1.63. The van der Waals surface area contributed by atoms with Crippen LogP contribution >= 0.6 is 11.3 Å². The van der Waals surface area contributed by atoms with Crippen LogP contribution in [0.3, 0.4) is 0 Å². The first-order valence-corrected chi connectivity index (χ1v) is 9.12. The van der Waals surface area contributed by atoms with E-state index in [1.54, 1.807) is 11.1 Å².